The maximum Gasteiger partial charge on any atom is 0.238 e. The highest BCUT2D eigenvalue weighted by molar-refractivity contribution is 7.80. The summed E-state index contributed by atoms with van der Waals surface area (Å²) in [4.78, 5) is 12.4. The third kappa shape index (κ3) is 2.87. The minimum atomic E-state index is -0.836. The zero-order valence-corrected chi connectivity index (χ0v) is 12.0. The van der Waals surface area contributed by atoms with Crippen molar-refractivity contribution < 1.29 is 4.79 Å². The van der Waals surface area contributed by atoms with Gasteiger partial charge in [0.1, 0.15) is 0 Å². The molecule has 6 heteroatoms. The van der Waals surface area contributed by atoms with E-state index in [1.54, 1.807) is 17.7 Å². The van der Waals surface area contributed by atoms with Crippen molar-refractivity contribution in [2.75, 3.05) is 5.32 Å². The van der Waals surface area contributed by atoms with E-state index in [9.17, 15) is 4.79 Å². The Balaban J connectivity index is 2.83. The first-order chi connectivity index (χ1) is 8.31. The van der Waals surface area contributed by atoms with Crippen molar-refractivity contribution in [3.8, 4) is 0 Å². The fraction of sp³-hybridized carbons (Fsp3) is 0.583. The van der Waals surface area contributed by atoms with Crippen LogP contribution < -0.4 is 11.1 Å². The van der Waals surface area contributed by atoms with Crippen molar-refractivity contribution in [2.24, 2.45) is 11.1 Å². The molecule has 0 aromatic carbocycles. The largest absolute Gasteiger partial charge is 0.392 e. The number of nitrogens with one attached hydrogen (secondary N) is 1. The van der Waals surface area contributed by atoms with Crippen LogP contribution in [0.2, 0.25) is 0 Å². The van der Waals surface area contributed by atoms with E-state index in [0.717, 1.165) is 0 Å². The van der Waals surface area contributed by atoms with Crippen LogP contribution in [0.5, 0.6) is 0 Å². The van der Waals surface area contributed by atoms with E-state index >= 15 is 0 Å². The van der Waals surface area contributed by atoms with Gasteiger partial charge in [0.25, 0.3) is 0 Å². The van der Waals surface area contributed by atoms with Crippen LogP contribution in [0.4, 0.5) is 5.82 Å². The lowest BCUT2D eigenvalue weighted by Crippen LogP contribution is -2.43. The Labute approximate surface area is 113 Å². The van der Waals surface area contributed by atoms with Gasteiger partial charge in [-0.15, -0.1) is 0 Å². The third-order valence-electron chi connectivity index (χ3n) is 3.13. The van der Waals surface area contributed by atoms with Gasteiger partial charge in [-0.2, -0.15) is 5.10 Å². The Bertz CT molecular complexity index is 455. The molecule has 1 heterocycles. The van der Waals surface area contributed by atoms with Crippen molar-refractivity contribution in [2.45, 2.75) is 40.2 Å². The molecule has 1 unspecified atom stereocenters. The number of aromatic nitrogens is 2. The number of carbonyl (C=O) groups excluding carboxylic acids is 1. The third-order valence-corrected chi connectivity index (χ3v) is 3.58. The molecule has 1 aromatic rings. The van der Waals surface area contributed by atoms with Crippen LogP contribution in [0.3, 0.4) is 0 Å². The zero-order chi connectivity index (χ0) is 13.9. The SMILES string of the molecule is CCC(C)(C(=O)Nc1ccn(C(C)C)n1)C(N)=S. The Kier molecular flexibility index (Phi) is 4.45. The molecule has 0 spiro atoms. The molecule has 5 nitrogen and oxygen atoms in total. The van der Waals surface area contributed by atoms with Crippen LogP contribution in [-0.2, 0) is 4.79 Å². The number of hydrogen-bond donors (Lipinski definition) is 2. The summed E-state index contributed by atoms with van der Waals surface area (Å²) in [6, 6.07) is 2.01. The molecule has 0 radical (unpaired) electrons. The minimum Gasteiger partial charge on any atom is -0.392 e. The second-order valence-electron chi connectivity index (χ2n) is 4.78. The molecule has 0 fully saturated rings. The molecule has 0 aliphatic rings. The van der Waals surface area contributed by atoms with Gasteiger partial charge in [-0.05, 0) is 27.2 Å². The quantitative estimate of drug-likeness (QED) is 0.802. The Morgan fingerprint density at radius 2 is 2.28 bits per heavy atom. The van der Waals surface area contributed by atoms with E-state index in [1.807, 2.05) is 27.0 Å². The number of thiocarbonyl (C=S) groups is 1. The summed E-state index contributed by atoms with van der Waals surface area (Å²) in [5.74, 6) is 0.302. The number of carbonyl (C=O) groups is 1. The summed E-state index contributed by atoms with van der Waals surface area (Å²) in [5, 5.41) is 7.01. The fourth-order valence-corrected chi connectivity index (χ4v) is 1.63. The predicted molar refractivity (Wildman–Crippen MR) is 76.4 cm³/mol. The zero-order valence-electron chi connectivity index (χ0n) is 11.2. The van der Waals surface area contributed by atoms with Gasteiger partial charge in [0, 0.05) is 18.3 Å². The Morgan fingerprint density at radius 1 is 1.67 bits per heavy atom. The number of amides is 1. The van der Waals surface area contributed by atoms with Crippen LogP contribution in [0.1, 0.15) is 40.2 Å². The number of anilines is 1. The average molecular weight is 268 g/mol. The molecule has 18 heavy (non-hydrogen) atoms. The fourth-order valence-electron chi connectivity index (χ4n) is 1.39. The first-order valence-corrected chi connectivity index (χ1v) is 6.38. The summed E-state index contributed by atoms with van der Waals surface area (Å²) in [6.07, 6.45) is 2.38. The van der Waals surface area contributed by atoms with Gasteiger partial charge < -0.3 is 11.1 Å². The van der Waals surface area contributed by atoms with Gasteiger partial charge in [-0.1, -0.05) is 19.1 Å². The highest BCUT2D eigenvalue weighted by Gasteiger charge is 2.34. The van der Waals surface area contributed by atoms with Crippen molar-refractivity contribution in [1.82, 2.24) is 9.78 Å². The Hall–Kier alpha value is -1.43. The number of nitrogens with zero attached hydrogens (tertiary/aromatic N) is 2. The van der Waals surface area contributed by atoms with Gasteiger partial charge in [-0.25, -0.2) is 0 Å². The number of hydrogen-bond acceptors (Lipinski definition) is 3. The molecule has 100 valence electrons. The molecule has 3 N–H and O–H groups in total. The van der Waals surface area contributed by atoms with Crippen LogP contribution in [0, 0.1) is 5.41 Å². The van der Waals surface area contributed by atoms with Crippen LogP contribution in [0.15, 0.2) is 12.3 Å². The number of rotatable bonds is 5. The topological polar surface area (TPSA) is 72.9 Å². The van der Waals surface area contributed by atoms with Crippen LogP contribution >= 0.6 is 12.2 Å². The van der Waals surface area contributed by atoms with Gasteiger partial charge in [0.2, 0.25) is 5.91 Å². The first kappa shape index (κ1) is 14.6. The summed E-state index contributed by atoms with van der Waals surface area (Å²) < 4.78 is 1.78. The van der Waals surface area contributed by atoms with Crippen molar-refractivity contribution >= 4 is 28.9 Å². The van der Waals surface area contributed by atoms with E-state index < -0.39 is 5.41 Å². The molecule has 0 saturated heterocycles. The summed E-state index contributed by atoms with van der Waals surface area (Å²) in [6.45, 7) is 7.66. The predicted octanol–water partition coefficient (Wildman–Crippen LogP) is 2.10. The minimum absolute atomic E-state index is 0.200. The second-order valence-corrected chi connectivity index (χ2v) is 5.22. The summed E-state index contributed by atoms with van der Waals surface area (Å²) in [7, 11) is 0. The highest BCUT2D eigenvalue weighted by atomic mass is 32.1. The molecule has 0 bridgehead atoms. The van der Waals surface area contributed by atoms with Gasteiger partial charge >= 0.3 is 0 Å². The maximum absolute atomic E-state index is 12.2. The summed E-state index contributed by atoms with van der Waals surface area (Å²) >= 11 is 4.96. The smallest absolute Gasteiger partial charge is 0.238 e. The van der Waals surface area contributed by atoms with E-state index in [2.05, 4.69) is 10.4 Å². The second kappa shape index (κ2) is 5.48. The normalized spacial score (nSPS) is 14.3. The molecule has 1 amide bonds. The monoisotopic (exact) mass is 268 g/mol. The van der Waals surface area contributed by atoms with Crippen molar-refractivity contribution in [3.05, 3.63) is 12.3 Å². The van der Waals surface area contributed by atoms with Gasteiger partial charge in [0.15, 0.2) is 5.82 Å². The molecule has 0 saturated carbocycles. The van der Waals surface area contributed by atoms with E-state index in [-0.39, 0.29) is 16.9 Å². The standard InChI is InChI=1S/C12H20N4OS/c1-5-12(4,10(13)18)11(17)14-9-6-7-16(15-9)8(2)3/h6-8H,5H2,1-4H3,(H2,13,18)(H,14,15,17). The lowest BCUT2D eigenvalue weighted by molar-refractivity contribution is -0.121. The maximum atomic E-state index is 12.2. The van der Waals surface area contributed by atoms with E-state index in [1.165, 1.54) is 0 Å². The van der Waals surface area contributed by atoms with Gasteiger partial charge in [-0.3, -0.25) is 9.48 Å². The molecule has 1 rings (SSSR count). The lowest BCUT2D eigenvalue weighted by atomic mass is 9.86. The molecule has 0 aliphatic heterocycles. The lowest BCUT2D eigenvalue weighted by Gasteiger charge is -2.24. The highest BCUT2D eigenvalue weighted by Crippen LogP contribution is 2.23. The van der Waals surface area contributed by atoms with E-state index in [4.69, 9.17) is 18.0 Å². The number of nitrogens with two attached hydrogens (primary N) is 1. The first-order valence-electron chi connectivity index (χ1n) is 5.97. The molecule has 1 aromatic heterocycles. The van der Waals surface area contributed by atoms with Crippen molar-refractivity contribution in [1.29, 1.82) is 0 Å². The van der Waals surface area contributed by atoms with E-state index in [0.29, 0.717) is 12.2 Å². The van der Waals surface area contributed by atoms with Crippen LogP contribution in [-0.4, -0.2) is 20.7 Å². The molecular weight excluding hydrogens is 248 g/mol. The van der Waals surface area contributed by atoms with Crippen molar-refractivity contribution in [3.63, 3.8) is 0 Å². The molecular formula is C12H20N4OS. The molecule has 1 atom stereocenters. The van der Waals surface area contributed by atoms with Gasteiger partial charge in [0.05, 0.1) is 10.4 Å². The average Bonchev–Trinajstić information content (AvgIpc) is 2.76. The van der Waals surface area contributed by atoms with Crippen LogP contribution in [0.25, 0.3) is 0 Å². The Morgan fingerprint density at radius 3 is 2.67 bits per heavy atom. The molecule has 0 aliphatic carbocycles. The summed E-state index contributed by atoms with van der Waals surface area (Å²) in [5.41, 5.74) is 4.80.